The van der Waals surface area contributed by atoms with E-state index in [0.29, 0.717) is 24.1 Å². The number of ether oxygens (including phenoxy) is 1. The van der Waals surface area contributed by atoms with Gasteiger partial charge < -0.3 is 14.7 Å². The van der Waals surface area contributed by atoms with Gasteiger partial charge in [-0.3, -0.25) is 4.79 Å². The molecule has 1 atom stereocenters. The molecule has 1 aliphatic rings. The SMILES string of the molecule is CN(C[C@@H]1CCOC1)C(=O)c1c(O)cc(Cl)cc1Cl. The van der Waals surface area contributed by atoms with E-state index in [9.17, 15) is 9.90 Å². The topological polar surface area (TPSA) is 49.8 Å². The van der Waals surface area contributed by atoms with Crippen molar-refractivity contribution in [1.29, 1.82) is 0 Å². The van der Waals surface area contributed by atoms with Crippen molar-refractivity contribution >= 4 is 29.1 Å². The predicted molar refractivity (Wildman–Crippen MR) is 74.0 cm³/mol. The van der Waals surface area contributed by atoms with Gasteiger partial charge in [-0.15, -0.1) is 0 Å². The molecule has 1 aromatic rings. The lowest BCUT2D eigenvalue weighted by Gasteiger charge is -2.21. The number of rotatable bonds is 3. The molecule has 1 aromatic carbocycles. The Labute approximate surface area is 121 Å². The summed E-state index contributed by atoms with van der Waals surface area (Å²) in [5, 5.41) is 10.3. The summed E-state index contributed by atoms with van der Waals surface area (Å²) in [5.41, 5.74) is 0.0903. The van der Waals surface area contributed by atoms with E-state index < -0.39 is 0 Å². The fourth-order valence-corrected chi connectivity index (χ4v) is 2.72. The first-order valence-corrected chi connectivity index (χ1v) is 6.76. The van der Waals surface area contributed by atoms with Crippen molar-refractivity contribution in [1.82, 2.24) is 4.90 Å². The van der Waals surface area contributed by atoms with Gasteiger partial charge in [-0.1, -0.05) is 23.2 Å². The Morgan fingerprint density at radius 2 is 2.26 bits per heavy atom. The summed E-state index contributed by atoms with van der Waals surface area (Å²) in [7, 11) is 1.69. The Bertz CT molecular complexity index is 464. The highest BCUT2D eigenvalue weighted by Crippen LogP contribution is 2.31. The highest BCUT2D eigenvalue weighted by atomic mass is 35.5. The first-order chi connectivity index (χ1) is 8.99. The lowest BCUT2D eigenvalue weighted by molar-refractivity contribution is 0.0763. The molecule has 104 valence electrons. The van der Waals surface area contributed by atoms with Gasteiger partial charge in [0.25, 0.3) is 5.91 Å². The molecule has 0 spiro atoms. The number of phenols is 1. The zero-order valence-corrected chi connectivity index (χ0v) is 12.0. The quantitative estimate of drug-likeness (QED) is 0.934. The van der Waals surface area contributed by atoms with Gasteiger partial charge in [0.05, 0.1) is 17.2 Å². The van der Waals surface area contributed by atoms with Gasteiger partial charge in [-0.25, -0.2) is 0 Å². The summed E-state index contributed by atoms with van der Waals surface area (Å²) in [6, 6.07) is 2.76. The first kappa shape index (κ1) is 14.4. The summed E-state index contributed by atoms with van der Waals surface area (Å²) < 4.78 is 5.28. The van der Waals surface area contributed by atoms with Crippen LogP contribution in [0.1, 0.15) is 16.8 Å². The van der Waals surface area contributed by atoms with Crippen molar-refractivity contribution in [2.75, 3.05) is 26.8 Å². The second kappa shape index (κ2) is 5.99. The monoisotopic (exact) mass is 303 g/mol. The Morgan fingerprint density at radius 3 is 2.84 bits per heavy atom. The molecule has 2 rings (SSSR count). The maximum Gasteiger partial charge on any atom is 0.258 e. The van der Waals surface area contributed by atoms with Gasteiger partial charge in [0, 0.05) is 31.1 Å². The van der Waals surface area contributed by atoms with Gasteiger partial charge >= 0.3 is 0 Å². The molecule has 1 amide bonds. The zero-order valence-electron chi connectivity index (χ0n) is 10.5. The normalized spacial score (nSPS) is 18.6. The summed E-state index contributed by atoms with van der Waals surface area (Å²) in [4.78, 5) is 13.8. The van der Waals surface area contributed by atoms with Crippen LogP contribution in [0.4, 0.5) is 0 Å². The molecule has 0 unspecified atom stereocenters. The average molecular weight is 304 g/mol. The fraction of sp³-hybridized carbons (Fsp3) is 0.462. The molecule has 1 aliphatic heterocycles. The summed E-state index contributed by atoms with van der Waals surface area (Å²) in [5.74, 6) is -0.176. The van der Waals surface area contributed by atoms with E-state index in [1.807, 2.05) is 0 Å². The summed E-state index contributed by atoms with van der Waals surface area (Å²) in [6.45, 7) is 1.98. The number of phenolic OH excluding ortho intramolecular Hbond substituents is 1. The van der Waals surface area contributed by atoms with Crippen molar-refractivity contribution < 1.29 is 14.6 Å². The minimum Gasteiger partial charge on any atom is -0.507 e. The van der Waals surface area contributed by atoms with Crippen LogP contribution < -0.4 is 0 Å². The maximum absolute atomic E-state index is 12.3. The Kier molecular flexibility index (Phi) is 4.55. The predicted octanol–water partition coefficient (Wildman–Crippen LogP) is 2.81. The van der Waals surface area contributed by atoms with Crippen molar-refractivity contribution in [2.24, 2.45) is 5.92 Å². The molecule has 19 heavy (non-hydrogen) atoms. The molecular formula is C13H15Cl2NO3. The van der Waals surface area contributed by atoms with Crippen LogP contribution in [0.15, 0.2) is 12.1 Å². The summed E-state index contributed by atoms with van der Waals surface area (Å²) in [6.07, 6.45) is 0.942. The van der Waals surface area contributed by atoms with Gasteiger partial charge in [0.15, 0.2) is 0 Å². The third kappa shape index (κ3) is 3.32. The van der Waals surface area contributed by atoms with E-state index in [4.69, 9.17) is 27.9 Å². The van der Waals surface area contributed by atoms with Gasteiger partial charge in [0.1, 0.15) is 5.75 Å². The number of nitrogens with zero attached hydrogens (tertiary/aromatic N) is 1. The number of halogens is 2. The molecule has 0 aliphatic carbocycles. The van der Waals surface area contributed by atoms with Crippen LogP contribution >= 0.6 is 23.2 Å². The number of hydrogen-bond acceptors (Lipinski definition) is 3. The molecule has 0 aromatic heterocycles. The van der Waals surface area contributed by atoms with Crippen LogP contribution in [0.5, 0.6) is 5.75 Å². The van der Waals surface area contributed by atoms with Crippen molar-refractivity contribution in [2.45, 2.75) is 6.42 Å². The molecule has 1 saturated heterocycles. The molecule has 4 nitrogen and oxygen atoms in total. The Balaban J connectivity index is 2.14. The van der Waals surface area contributed by atoms with Crippen molar-refractivity contribution in [3.63, 3.8) is 0 Å². The van der Waals surface area contributed by atoms with Crippen molar-refractivity contribution in [3.05, 3.63) is 27.7 Å². The summed E-state index contributed by atoms with van der Waals surface area (Å²) >= 11 is 11.7. The smallest absolute Gasteiger partial charge is 0.258 e. The van der Waals surface area contributed by atoms with Crippen LogP contribution in [-0.4, -0.2) is 42.7 Å². The minimum absolute atomic E-state index is 0.0903. The molecule has 0 saturated carbocycles. The van der Waals surface area contributed by atoms with E-state index >= 15 is 0 Å². The third-order valence-electron chi connectivity index (χ3n) is 3.15. The van der Waals surface area contributed by atoms with E-state index in [1.165, 1.54) is 12.1 Å². The number of carbonyl (C=O) groups excluding carboxylic acids is 1. The maximum atomic E-state index is 12.3. The fourth-order valence-electron chi connectivity index (χ4n) is 2.16. The van der Waals surface area contributed by atoms with Crippen LogP contribution in [0.3, 0.4) is 0 Å². The highest BCUT2D eigenvalue weighted by molar-refractivity contribution is 6.37. The van der Waals surface area contributed by atoms with E-state index in [2.05, 4.69) is 0 Å². The first-order valence-electron chi connectivity index (χ1n) is 6.00. The number of aromatic hydroxyl groups is 1. The van der Waals surface area contributed by atoms with Crippen LogP contribution in [0.25, 0.3) is 0 Å². The minimum atomic E-state index is -0.314. The van der Waals surface area contributed by atoms with Gasteiger partial charge in [-0.05, 0) is 18.6 Å². The lowest BCUT2D eigenvalue weighted by atomic mass is 10.1. The molecule has 1 heterocycles. The van der Waals surface area contributed by atoms with Crippen LogP contribution in [0, 0.1) is 5.92 Å². The molecular weight excluding hydrogens is 289 g/mol. The number of amides is 1. The zero-order chi connectivity index (χ0) is 14.0. The van der Waals surface area contributed by atoms with Crippen LogP contribution in [-0.2, 0) is 4.74 Å². The van der Waals surface area contributed by atoms with Gasteiger partial charge in [-0.2, -0.15) is 0 Å². The van der Waals surface area contributed by atoms with Crippen molar-refractivity contribution in [3.8, 4) is 5.75 Å². The van der Waals surface area contributed by atoms with Crippen LogP contribution in [0.2, 0.25) is 10.0 Å². The Hall–Kier alpha value is -0.970. The highest BCUT2D eigenvalue weighted by Gasteiger charge is 2.24. The molecule has 1 N–H and O–H groups in total. The average Bonchev–Trinajstić information content (AvgIpc) is 2.80. The lowest BCUT2D eigenvalue weighted by Crippen LogP contribution is -2.32. The van der Waals surface area contributed by atoms with E-state index in [0.717, 1.165) is 13.0 Å². The molecule has 0 radical (unpaired) electrons. The van der Waals surface area contributed by atoms with Gasteiger partial charge in [0.2, 0.25) is 0 Å². The Morgan fingerprint density at radius 1 is 1.53 bits per heavy atom. The number of benzene rings is 1. The standard InChI is InChI=1S/C13H15Cl2NO3/c1-16(6-8-2-3-19-7-8)13(18)12-10(15)4-9(14)5-11(12)17/h4-5,8,17H,2-3,6-7H2,1H3/t8-/m0/s1. The number of carbonyl (C=O) groups is 1. The molecule has 6 heteroatoms. The molecule has 0 bridgehead atoms. The van der Waals surface area contributed by atoms with E-state index in [1.54, 1.807) is 11.9 Å². The molecule has 1 fully saturated rings. The van der Waals surface area contributed by atoms with E-state index in [-0.39, 0.29) is 22.2 Å². The third-order valence-corrected chi connectivity index (χ3v) is 3.67. The largest absolute Gasteiger partial charge is 0.507 e. The number of hydrogen-bond donors (Lipinski definition) is 1. The second-order valence-electron chi connectivity index (χ2n) is 4.70. The second-order valence-corrected chi connectivity index (χ2v) is 5.54.